The van der Waals surface area contributed by atoms with Crippen molar-refractivity contribution < 1.29 is 8.42 Å². The second-order valence-corrected chi connectivity index (χ2v) is 7.78. The summed E-state index contributed by atoms with van der Waals surface area (Å²) < 4.78 is 27.5. The Morgan fingerprint density at radius 2 is 1.71 bits per heavy atom. The molecule has 5 nitrogen and oxygen atoms in total. The van der Waals surface area contributed by atoms with Crippen molar-refractivity contribution in [3.63, 3.8) is 0 Å². The lowest BCUT2D eigenvalue weighted by Gasteiger charge is -2.39. The van der Waals surface area contributed by atoms with Crippen molar-refractivity contribution in [3.8, 4) is 6.07 Å². The molecule has 1 fully saturated rings. The third-order valence-electron chi connectivity index (χ3n) is 4.42. The van der Waals surface area contributed by atoms with Crippen LogP contribution in [0.25, 0.3) is 0 Å². The van der Waals surface area contributed by atoms with Gasteiger partial charge in [-0.2, -0.15) is 9.57 Å². The van der Waals surface area contributed by atoms with Crippen LogP contribution in [0, 0.1) is 11.3 Å². The Hall–Kier alpha value is -2.20. The Labute approximate surface area is 142 Å². The quantitative estimate of drug-likeness (QED) is 0.859. The number of nitrogens with zero attached hydrogens (tertiary/aromatic N) is 3. The first-order valence-electron chi connectivity index (χ1n) is 7.78. The maximum atomic E-state index is 13.0. The van der Waals surface area contributed by atoms with Crippen LogP contribution < -0.4 is 0 Å². The summed E-state index contributed by atoms with van der Waals surface area (Å²) in [6.45, 7) is 1.44. The number of rotatable bonds is 3. The fraction of sp³-hybridized carbons (Fsp3) is 0.278. The Bertz CT molecular complexity index is 859. The average Bonchev–Trinajstić information content (AvgIpc) is 2.62. The summed E-state index contributed by atoms with van der Waals surface area (Å²) >= 11 is 0. The summed E-state index contributed by atoms with van der Waals surface area (Å²) in [5.74, 6) is 0. The second-order valence-electron chi connectivity index (χ2n) is 5.88. The van der Waals surface area contributed by atoms with Crippen molar-refractivity contribution in [2.45, 2.75) is 10.9 Å². The number of piperazine rings is 1. The van der Waals surface area contributed by atoms with Crippen molar-refractivity contribution in [2.24, 2.45) is 0 Å². The van der Waals surface area contributed by atoms with E-state index >= 15 is 0 Å². The summed E-state index contributed by atoms with van der Waals surface area (Å²) in [6.07, 6.45) is 0. The minimum atomic E-state index is -3.68. The Balaban J connectivity index is 1.93. The number of likely N-dealkylation sites (N-methyl/N-ethyl adjacent to an activating group) is 1. The molecule has 2 aromatic rings. The number of sulfonamides is 1. The van der Waals surface area contributed by atoms with E-state index in [9.17, 15) is 13.7 Å². The zero-order chi connectivity index (χ0) is 17.2. The summed E-state index contributed by atoms with van der Waals surface area (Å²) in [7, 11) is -1.68. The zero-order valence-corrected chi connectivity index (χ0v) is 14.3. The predicted molar refractivity (Wildman–Crippen MR) is 91.7 cm³/mol. The molecule has 6 heteroatoms. The number of nitriles is 1. The van der Waals surface area contributed by atoms with Gasteiger partial charge in [-0.15, -0.1) is 0 Å². The molecule has 0 spiro atoms. The van der Waals surface area contributed by atoms with E-state index in [0.717, 1.165) is 5.56 Å². The SMILES string of the molecule is CN1CCN(S(=O)(=O)c2ccccc2C#N)CC1c1ccccc1. The first-order chi connectivity index (χ1) is 11.5. The van der Waals surface area contributed by atoms with Gasteiger partial charge in [0, 0.05) is 25.7 Å². The average molecular weight is 341 g/mol. The first-order valence-corrected chi connectivity index (χ1v) is 9.22. The highest BCUT2D eigenvalue weighted by Gasteiger charge is 2.34. The largest absolute Gasteiger partial charge is 0.297 e. The summed E-state index contributed by atoms with van der Waals surface area (Å²) in [5, 5.41) is 9.21. The van der Waals surface area contributed by atoms with E-state index in [1.54, 1.807) is 12.1 Å². The molecular weight excluding hydrogens is 322 g/mol. The smallest absolute Gasteiger partial charge is 0.244 e. The molecule has 1 aliphatic heterocycles. The molecule has 0 radical (unpaired) electrons. The van der Waals surface area contributed by atoms with Crippen molar-refractivity contribution in [1.29, 1.82) is 5.26 Å². The van der Waals surface area contributed by atoms with Gasteiger partial charge in [0.1, 0.15) is 6.07 Å². The zero-order valence-electron chi connectivity index (χ0n) is 13.5. The molecule has 1 saturated heterocycles. The lowest BCUT2D eigenvalue weighted by Crippen LogP contribution is -2.48. The summed E-state index contributed by atoms with van der Waals surface area (Å²) in [5.41, 5.74) is 1.28. The number of hydrogen-bond donors (Lipinski definition) is 0. The Morgan fingerprint density at radius 3 is 2.42 bits per heavy atom. The topological polar surface area (TPSA) is 64.4 Å². The highest BCUT2D eigenvalue weighted by atomic mass is 32.2. The van der Waals surface area contributed by atoms with E-state index in [2.05, 4.69) is 4.90 Å². The van der Waals surface area contributed by atoms with Crippen LogP contribution in [-0.4, -0.2) is 44.3 Å². The van der Waals surface area contributed by atoms with E-state index in [0.29, 0.717) is 19.6 Å². The van der Waals surface area contributed by atoms with Crippen LogP contribution in [0.15, 0.2) is 59.5 Å². The van der Waals surface area contributed by atoms with Gasteiger partial charge in [0.05, 0.1) is 10.5 Å². The van der Waals surface area contributed by atoms with Gasteiger partial charge in [0.2, 0.25) is 10.0 Å². The molecule has 24 heavy (non-hydrogen) atoms. The molecule has 3 rings (SSSR count). The molecule has 0 N–H and O–H groups in total. The van der Waals surface area contributed by atoms with Gasteiger partial charge in [0.15, 0.2) is 0 Å². The van der Waals surface area contributed by atoms with E-state index in [4.69, 9.17) is 0 Å². The third-order valence-corrected chi connectivity index (χ3v) is 6.34. The van der Waals surface area contributed by atoms with Gasteiger partial charge < -0.3 is 0 Å². The molecule has 1 heterocycles. The summed E-state index contributed by atoms with van der Waals surface area (Å²) in [4.78, 5) is 2.25. The molecule has 1 atom stereocenters. The van der Waals surface area contributed by atoms with Crippen molar-refractivity contribution in [2.75, 3.05) is 26.7 Å². The molecule has 0 amide bonds. The van der Waals surface area contributed by atoms with Crippen LogP contribution in [-0.2, 0) is 10.0 Å². The molecule has 124 valence electrons. The van der Waals surface area contributed by atoms with Crippen LogP contribution in [0.1, 0.15) is 17.2 Å². The van der Waals surface area contributed by atoms with E-state index in [-0.39, 0.29) is 16.5 Å². The van der Waals surface area contributed by atoms with Crippen molar-refractivity contribution in [1.82, 2.24) is 9.21 Å². The van der Waals surface area contributed by atoms with Crippen LogP contribution in [0.2, 0.25) is 0 Å². The van der Waals surface area contributed by atoms with E-state index < -0.39 is 10.0 Å². The fourth-order valence-electron chi connectivity index (χ4n) is 3.03. The van der Waals surface area contributed by atoms with Crippen LogP contribution in [0.5, 0.6) is 0 Å². The molecule has 1 aliphatic rings. The minimum absolute atomic E-state index is 0.00368. The monoisotopic (exact) mass is 341 g/mol. The standard InChI is InChI=1S/C18H19N3O2S/c1-20-11-12-21(14-17(20)15-7-3-2-4-8-15)24(22,23)18-10-6-5-9-16(18)13-19/h2-10,17H,11-12,14H2,1H3. The lowest BCUT2D eigenvalue weighted by molar-refractivity contribution is 0.148. The van der Waals surface area contributed by atoms with Gasteiger partial charge in [0.25, 0.3) is 0 Å². The third kappa shape index (κ3) is 3.06. The van der Waals surface area contributed by atoms with Crippen LogP contribution in [0.4, 0.5) is 0 Å². The van der Waals surface area contributed by atoms with Gasteiger partial charge in [-0.25, -0.2) is 8.42 Å². The second kappa shape index (κ2) is 6.73. The molecule has 0 aliphatic carbocycles. The molecule has 2 aromatic carbocycles. The molecule has 1 unspecified atom stereocenters. The fourth-order valence-corrected chi connectivity index (χ4v) is 4.60. The Morgan fingerprint density at radius 1 is 1.04 bits per heavy atom. The summed E-state index contributed by atoms with van der Waals surface area (Å²) in [6, 6.07) is 18.2. The highest BCUT2D eigenvalue weighted by Crippen LogP contribution is 2.28. The number of hydrogen-bond acceptors (Lipinski definition) is 4. The maximum Gasteiger partial charge on any atom is 0.244 e. The first kappa shape index (κ1) is 16.7. The Kier molecular flexibility index (Phi) is 4.67. The van der Waals surface area contributed by atoms with Gasteiger partial charge in [-0.3, -0.25) is 4.90 Å². The lowest BCUT2D eigenvalue weighted by atomic mass is 10.0. The number of benzene rings is 2. The molecule has 0 aromatic heterocycles. The van der Waals surface area contributed by atoms with Crippen molar-refractivity contribution in [3.05, 3.63) is 65.7 Å². The maximum absolute atomic E-state index is 13.0. The van der Waals surface area contributed by atoms with Crippen LogP contribution in [0.3, 0.4) is 0 Å². The van der Waals surface area contributed by atoms with Gasteiger partial charge in [-0.05, 0) is 24.7 Å². The molecule has 0 bridgehead atoms. The van der Waals surface area contributed by atoms with Gasteiger partial charge in [-0.1, -0.05) is 42.5 Å². The van der Waals surface area contributed by atoms with E-state index in [1.165, 1.54) is 16.4 Å². The predicted octanol–water partition coefficient (Wildman–Crippen LogP) is 2.24. The van der Waals surface area contributed by atoms with E-state index in [1.807, 2.05) is 43.4 Å². The molecule has 0 saturated carbocycles. The highest BCUT2D eigenvalue weighted by molar-refractivity contribution is 7.89. The molecular formula is C18H19N3O2S. The van der Waals surface area contributed by atoms with Crippen LogP contribution >= 0.6 is 0 Å². The normalized spacial score (nSPS) is 19.8. The van der Waals surface area contributed by atoms with Crippen molar-refractivity contribution >= 4 is 10.0 Å². The minimum Gasteiger partial charge on any atom is -0.297 e. The van der Waals surface area contributed by atoms with Gasteiger partial charge >= 0.3 is 0 Å².